The molecule has 2 rings (SSSR count). The molecule has 20 heavy (non-hydrogen) atoms. The van der Waals surface area contributed by atoms with Gasteiger partial charge in [-0.25, -0.2) is 4.79 Å². The van der Waals surface area contributed by atoms with E-state index < -0.39 is 42.0 Å². The third-order valence-electron chi connectivity index (χ3n) is 3.31. The van der Waals surface area contributed by atoms with Gasteiger partial charge in [0.15, 0.2) is 17.7 Å². The van der Waals surface area contributed by atoms with Gasteiger partial charge in [-0.05, 0) is 27.7 Å². The molecule has 4 atom stereocenters. The van der Waals surface area contributed by atoms with Crippen LogP contribution >= 0.6 is 0 Å². The fraction of sp³-hybridized carbons (Fsp3) is 0.923. The second-order valence-electron chi connectivity index (χ2n) is 5.90. The summed E-state index contributed by atoms with van der Waals surface area (Å²) in [5.74, 6) is -2.40. The summed E-state index contributed by atoms with van der Waals surface area (Å²) in [5, 5.41) is 10.0. The highest BCUT2D eigenvalue weighted by atomic mass is 16.8. The highest BCUT2D eigenvalue weighted by Crippen LogP contribution is 2.36. The largest absolute Gasteiger partial charge is 0.467 e. The van der Waals surface area contributed by atoms with E-state index in [2.05, 4.69) is 4.74 Å². The van der Waals surface area contributed by atoms with Crippen molar-refractivity contribution < 1.29 is 33.6 Å². The van der Waals surface area contributed by atoms with Gasteiger partial charge < -0.3 is 28.8 Å². The van der Waals surface area contributed by atoms with Crippen molar-refractivity contribution in [1.29, 1.82) is 0 Å². The topological polar surface area (TPSA) is 83.5 Å². The lowest BCUT2D eigenvalue weighted by atomic mass is 10.0. The lowest BCUT2D eigenvalue weighted by molar-refractivity contribution is -0.176. The molecule has 0 aliphatic carbocycles. The van der Waals surface area contributed by atoms with Gasteiger partial charge in [-0.3, -0.25) is 0 Å². The Kier molecular flexibility index (Phi) is 4.10. The molecule has 2 aliphatic rings. The van der Waals surface area contributed by atoms with E-state index in [0.29, 0.717) is 6.61 Å². The average Bonchev–Trinajstić information content (AvgIpc) is 2.86. The third kappa shape index (κ3) is 3.12. The summed E-state index contributed by atoms with van der Waals surface area (Å²) in [4.78, 5) is 11.5. The Bertz CT molecular complexity index is 379. The number of carbonyl (C=O) groups is 1. The Hall–Kier alpha value is -0.730. The fourth-order valence-electron chi connectivity index (χ4n) is 2.48. The Balaban J connectivity index is 2.14. The molecule has 0 aromatic rings. The van der Waals surface area contributed by atoms with Crippen molar-refractivity contribution in [3.05, 3.63) is 0 Å². The predicted octanol–water partition coefficient (Wildman–Crippen LogP) is 0.192. The van der Waals surface area contributed by atoms with Gasteiger partial charge >= 0.3 is 5.97 Å². The van der Waals surface area contributed by atoms with E-state index in [1.54, 1.807) is 27.7 Å². The number of aliphatic hydroxyl groups is 1. The Morgan fingerprint density at radius 1 is 1.20 bits per heavy atom. The third-order valence-corrected chi connectivity index (χ3v) is 3.31. The Morgan fingerprint density at radius 2 is 1.85 bits per heavy atom. The molecule has 0 spiro atoms. The van der Waals surface area contributed by atoms with Crippen LogP contribution in [0, 0.1) is 0 Å². The quantitative estimate of drug-likeness (QED) is 0.743. The molecule has 2 saturated heterocycles. The molecule has 116 valence electrons. The maximum absolute atomic E-state index is 11.5. The van der Waals surface area contributed by atoms with Crippen molar-refractivity contribution in [2.75, 3.05) is 13.7 Å². The van der Waals surface area contributed by atoms with Gasteiger partial charge in [-0.15, -0.1) is 0 Å². The Labute approximate surface area is 118 Å². The number of ether oxygens (including phenoxy) is 5. The van der Waals surface area contributed by atoms with E-state index in [0.717, 1.165) is 0 Å². The van der Waals surface area contributed by atoms with Crippen LogP contribution in [0.2, 0.25) is 0 Å². The smallest absolute Gasteiger partial charge is 0.337 e. The summed E-state index contributed by atoms with van der Waals surface area (Å²) in [5.41, 5.74) is 0. The van der Waals surface area contributed by atoms with Gasteiger partial charge in [0.1, 0.15) is 18.3 Å². The minimum atomic E-state index is -1.43. The Morgan fingerprint density at radius 3 is 2.35 bits per heavy atom. The molecule has 7 heteroatoms. The normalized spacial score (nSPS) is 36.8. The highest BCUT2D eigenvalue weighted by Gasteiger charge is 2.53. The van der Waals surface area contributed by atoms with Crippen LogP contribution in [0.3, 0.4) is 0 Å². The van der Waals surface area contributed by atoms with Gasteiger partial charge in [-0.2, -0.15) is 0 Å². The molecular formula is C13H22O7. The number of carbonyl (C=O) groups excluding carboxylic acids is 1. The monoisotopic (exact) mass is 290 g/mol. The maximum atomic E-state index is 11.5. The van der Waals surface area contributed by atoms with E-state index in [-0.39, 0.29) is 0 Å². The molecule has 2 heterocycles. The van der Waals surface area contributed by atoms with Crippen molar-refractivity contribution in [2.45, 2.75) is 63.7 Å². The standard InChI is InChI=1S/C13H22O7/c1-12(2)17-6-7(18-12)9-10(8(14)11(15)16-5)20-13(3,4)19-9/h7-10,14H,6H2,1-5H3/t7-,8-,9-,10+/m1/s1. The number of aliphatic hydroxyl groups excluding tert-OH is 1. The second-order valence-corrected chi connectivity index (χ2v) is 5.90. The van der Waals surface area contributed by atoms with Gasteiger partial charge in [0.05, 0.1) is 13.7 Å². The lowest BCUT2D eigenvalue weighted by Gasteiger charge is -2.25. The molecule has 0 radical (unpaired) electrons. The SMILES string of the molecule is COC(=O)[C@H](O)[C@@H]1OC(C)(C)O[C@@H]1[C@H]1COC(C)(C)O1. The summed E-state index contributed by atoms with van der Waals surface area (Å²) in [6.07, 6.45) is -3.32. The first-order chi connectivity index (χ1) is 9.15. The van der Waals surface area contributed by atoms with Gasteiger partial charge in [0.2, 0.25) is 0 Å². The first-order valence-corrected chi connectivity index (χ1v) is 6.58. The summed E-state index contributed by atoms with van der Waals surface area (Å²) < 4.78 is 27.1. The maximum Gasteiger partial charge on any atom is 0.337 e. The van der Waals surface area contributed by atoms with Gasteiger partial charge in [-0.1, -0.05) is 0 Å². The predicted molar refractivity (Wildman–Crippen MR) is 66.8 cm³/mol. The van der Waals surface area contributed by atoms with Crippen LogP contribution in [0.15, 0.2) is 0 Å². The molecule has 0 aromatic heterocycles. The van der Waals surface area contributed by atoms with Crippen molar-refractivity contribution in [2.24, 2.45) is 0 Å². The molecule has 1 N–H and O–H groups in total. The van der Waals surface area contributed by atoms with Crippen LogP contribution in [0.1, 0.15) is 27.7 Å². The van der Waals surface area contributed by atoms with Gasteiger partial charge in [0.25, 0.3) is 0 Å². The number of rotatable bonds is 3. The summed E-state index contributed by atoms with van der Waals surface area (Å²) >= 11 is 0. The summed E-state index contributed by atoms with van der Waals surface area (Å²) in [7, 11) is 1.21. The van der Waals surface area contributed by atoms with E-state index >= 15 is 0 Å². The van der Waals surface area contributed by atoms with Gasteiger partial charge in [0, 0.05) is 0 Å². The minimum absolute atomic E-state index is 0.307. The van der Waals surface area contributed by atoms with Crippen molar-refractivity contribution in [1.82, 2.24) is 0 Å². The van der Waals surface area contributed by atoms with E-state index in [1.165, 1.54) is 7.11 Å². The van der Waals surface area contributed by atoms with E-state index in [1.807, 2.05) is 0 Å². The van der Waals surface area contributed by atoms with Crippen LogP contribution in [0.5, 0.6) is 0 Å². The molecule has 0 amide bonds. The van der Waals surface area contributed by atoms with Crippen molar-refractivity contribution in [3.8, 4) is 0 Å². The molecule has 2 aliphatic heterocycles. The fourth-order valence-corrected chi connectivity index (χ4v) is 2.48. The first kappa shape index (κ1) is 15.7. The summed E-state index contributed by atoms with van der Waals surface area (Å²) in [6, 6.07) is 0. The zero-order valence-corrected chi connectivity index (χ0v) is 12.4. The number of esters is 1. The number of methoxy groups -OCH3 is 1. The van der Waals surface area contributed by atoms with Crippen LogP contribution in [-0.4, -0.2) is 60.8 Å². The molecule has 0 unspecified atom stereocenters. The van der Waals surface area contributed by atoms with Crippen molar-refractivity contribution >= 4 is 5.97 Å². The van der Waals surface area contributed by atoms with Crippen LogP contribution in [-0.2, 0) is 28.5 Å². The minimum Gasteiger partial charge on any atom is -0.467 e. The van der Waals surface area contributed by atoms with E-state index in [4.69, 9.17) is 18.9 Å². The highest BCUT2D eigenvalue weighted by molar-refractivity contribution is 5.75. The number of hydrogen-bond acceptors (Lipinski definition) is 7. The first-order valence-electron chi connectivity index (χ1n) is 6.58. The number of hydrogen-bond donors (Lipinski definition) is 1. The molecule has 7 nitrogen and oxygen atoms in total. The average molecular weight is 290 g/mol. The van der Waals surface area contributed by atoms with Crippen LogP contribution < -0.4 is 0 Å². The second kappa shape index (κ2) is 5.23. The zero-order chi connectivity index (χ0) is 15.1. The molecule has 0 saturated carbocycles. The molecule has 0 aromatic carbocycles. The van der Waals surface area contributed by atoms with Crippen LogP contribution in [0.4, 0.5) is 0 Å². The zero-order valence-electron chi connectivity index (χ0n) is 12.4. The lowest BCUT2D eigenvalue weighted by Crippen LogP contribution is -2.47. The molecular weight excluding hydrogens is 268 g/mol. The molecule has 2 fully saturated rings. The summed E-state index contributed by atoms with van der Waals surface area (Å²) in [6.45, 7) is 7.32. The van der Waals surface area contributed by atoms with Crippen molar-refractivity contribution in [3.63, 3.8) is 0 Å². The van der Waals surface area contributed by atoms with Crippen LogP contribution in [0.25, 0.3) is 0 Å². The van der Waals surface area contributed by atoms with E-state index in [9.17, 15) is 9.90 Å². The molecule has 0 bridgehead atoms.